The van der Waals surface area contributed by atoms with Crippen molar-refractivity contribution in [3.63, 3.8) is 0 Å². The van der Waals surface area contributed by atoms with E-state index in [1.165, 1.54) is 0 Å². The zero-order chi connectivity index (χ0) is 21.6. The van der Waals surface area contributed by atoms with Gasteiger partial charge in [0.05, 0.1) is 23.5 Å². The van der Waals surface area contributed by atoms with Gasteiger partial charge in [0, 0.05) is 72.5 Å². The van der Waals surface area contributed by atoms with Gasteiger partial charge >= 0.3 is 0 Å². The summed E-state index contributed by atoms with van der Waals surface area (Å²) < 4.78 is 15.6. The van der Waals surface area contributed by atoms with Crippen LogP contribution in [0.3, 0.4) is 0 Å². The van der Waals surface area contributed by atoms with Crippen molar-refractivity contribution < 1.29 is 4.21 Å². The Hall–Kier alpha value is -3.64. The third-order valence-corrected chi connectivity index (χ3v) is 7.47. The number of pyridine rings is 2. The molecule has 0 bridgehead atoms. The minimum Gasteiger partial charge on any atom is -0.355 e. The van der Waals surface area contributed by atoms with Crippen LogP contribution in [-0.4, -0.2) is 59.1 Å². The Kier molecular flexibility index (Phi) is 4.52. The van der Waals surface area contributed by atoms with Crippen molar-refractivity contribution in [2.24, 2.45) is 7.05 Å². The monoisotopic (exact) mass is 431 g/mol. The Labute approximate surface area is 180 Å². The lowest BCUT2D eigenvalue weighted by Crippen LogP contribution is -2.40. The van der Waals surface area contributed by atoms with E-state index >= 15 is 0 Å². The molecule has 8 nitrogen and oxygen atoms in total. The van der Waals surface area contributed by atoms with E-state index in [-0.39, 0.29) is 0 Å². The second-order valence-electron chi connectivity index (χ2n) is 7.77. The maximum atomic E-state index is 12.1. The summed E-state index contributed by atoms with van der Waals surface area (Å²) in [5, 5.41) is 18.2. The van der Waals surface area contributed by atoms with Crippen molar-refractivity contribution in [1.29, 1.82) is 5.26 Å². The fourth-order valence-electron chi connectivity index (χ4n) is 3.88. The van der Waals surface area contributed by atoms with E-state index in [0.717, 1.165) is 33.6 Å². The SMILES string of the molecule is C=S1(=O)CCN(c2ccc(-c3cc(-c4cnn(C)c4)cn4ncc(C#N)c34)cn2)CC1. The van der Waals surface area contributed by atoms with Crippen LogP contribution in [0.2, 0.25) is 0 Å². The van der Waals surface area contributed by atoms with Crippen LogP contribution < -0.4 is 4.90 Å². The highest BCUT2D eigenvalue weighted by Crippen LogP contribution is 2.32. The molecule has 4 aromatic rings. The molecule has 5 rings (SSSR count). The van der Waals surface area contributed by atoms with Gasteiger partial charge in [-0.3, -0.25) is 8.89 Å². The molecule has 0 N–H and O–H groups in total. The highest BCUT2D eigenvalue weighted by Gasteiger charge is 2.19. The lowest BCUT2D eigenvalue weighted by Gasteiger charge is -2.29. The van der Waals surface area contributed by atoms with Gasteiger partial charge in [-0.05, 0) is 33.6 Å². The molecule has 0 atom stereocenters. The molecule has 4 aromatic heterocycles. The highest BCUT2D eigenvalue weighted by molar-refractivity contribution is 8.00. The second kappa shape index (κ2) is 7.25. The number of rotatable bonds is 3. The molecule has 0 aromatic carbocycles. The molecular weight excluding hydrogens is 410 g/mol. The molecule has 1 aliphatic rings. The van der Waals surface area contributed by atoms with Crippen LogP contribution in [0.5, 0.6) is 0 Å². The molecule has 0 spiro atoms. The minimum atomic E-state index is -1.95. The van der Waals surface area contributed by atoms with Gasteiger partial charge in [-0.1, -0.05) is 0 Å². The summed E-state index contributed by atoms with van der Waals surface area (Å²) in [5.41, 5.74) is 4.96. The molecule has 5 heterocycles. The Balaban J connectivity index is 1.57. The summed E-state index contributed by atoms with van der Waals surface area (Å²) in [5.74, 6) is 5.86. The number of fused-ring (bicyclic) bond motifs is 1. The average Bonchev–Trinajstić information content (AvgIpc) is 3.39. The van der Waals surface area contributed by atoms with Crippen LogP contribution in [0.1, 0.15) is 5.56 Å². The molecule has 9 heteroatoms. The van der Waals surface area contributed by atoms with Crippen molar-refractivity contribution in [2.75, 3.05) is 29.5 Å². The van der Waals surface area contributed by atoms with Gasteiger partial charge in [-0.25, -0.2) is 9.50 Å². The molecule has 31 heavy (non-hydrogen) atoms. The predicted octanol–water partition coefficient (Wildman–Crippen LogP) is 2.20. The van der Waals surface area contributed by atoms with Gasteiger partial charge in [0.2, 0.25) is 0 Å². The molecule has 1 fully saturated rings. The minimum absolute atomic E-state index is 0.512. The van der Waals surface area contributed by atoms with Crippen LogP contribution in [0.25, 0.3) is 27.8 Å². The predicted molar refractivity (Wildman–Crippen MR) is 123 cm³/mol. The smallest absolute Gasteiger partial charge is 0.128 e. The molecule has 0 aliphatic carbocycles. The van der Waals surface area contributed by atoms with Crippen molar-refractivity contribution in [2.45, 2.75) is 0 Å². The topological polar surface area (TPSA) is 92.1 Å². The van der Waals surface area contributed by atoms with Gasteiger partial charge in [-0.2, -0.15) is 15.5 Å². The van der Waals surface area contributed by atoms with Crippen molar-refractivity contribution in [3.05, 3.63) is 54.7 Å². The van der Waals surface area contributed by atoms with Gasteiger partial charge in [0.15, 0.2) is 0 Å². The van der Waals surface area contributed by atoms with Crippen LogP contribution in [0, 0.1) is 11.3 Å². The summed E-state index contributed by atoms with van der Waals surface area (Å²) in [7, 11) is -0.0706. The maximum absolute atomic E-state index is 12.1. The molecule has 0 unspecified atom stereocenters. The van der Waals surface area contributed by atoms with Crippen LogP contribution >= 0.6 is 0 Å². The van der Waals surface area contributed by atoms with Crippen LogP contribution in [0.15, 0.2) is 49.2 Å². The van der Waals surface area contributed by atoms with Gasteiger partial charge in [-0.15, -0.1) is 0 Å². The lowest BCUT2D eigenvalue weighted by atomic mass is 10.0. The fraction of sp³-hybridized carbons (Fsp3) is 0.227. The first-order valence-corrected chi connectivity index (χ1v) is 11.9. The van der Waals surface area contributed by atoms with E-state index in [9.17, 15) is 9.47 Å². The Morgan fingerprint density at radius 2 is 1.87 bits per heavy atom. The standard InChI is InChI=1S/C22H21N7OS/c1-27-14-19(13-25-27)17-9-20(22-18(10-23)12-26-29(22)15-17)16-3-4-21(24-11-16)28-5-7-31(2,30)8-6-28/h3-4,9,11-15H,2,5-8H2,1H3. The summed E-state index contributed by atoms with van der Waals surface area (Å²) >= 11 is 0. The third kappa shape index (κ3) is 3.55. The highest BCUT2D eigenvalue weighted by atomic mass is 32.2. The van der Waals surface area contributed by atoms with Crippen molar-refractivity contribution in [3.8, 4) is 28.3 Å². The van der Waals surface area contributed by atoms with E-state index in [0.29, 0.717) is 30.2 Å². The fourth-order valence-corrected chi connectivity index (χ4v) is 5.19. The van der Waals surface area contributed by atoms with Gasteiger partial charge in [0.25, 0.3) is 0 Å². The van der Waals surface area contributed by atoms with Gasteiger partial charge < -0.3 is 4.90 Å². The number of aryl methyl sites for hydroxylation is 1. The van der Waals surface area contributed by atoms with Crippen LogP contribution in [-0.2, 0) is 16.6 Å². The number of hydrogen-bond acceptors (Lipinski definition) is 6. The molecule has 1 saturated heterocycles. The Morgan fingerprint density at radius 1 is 1.06 bits per heavy atom. The largest absolute Gasteiger partial charge is 0.355 e. The van der Waals surface area contributed by atoms with E-state index in [4.69, 9.17) is 0 Å². The Morgan fingerprint density at radius 3 is 2.52 bits per heavy atom. The van der Waals surface area contributed by atoms with Crippen molar-refractivity contribution >= 4 is 26.7 Å². The first-order valence-electron chi connectivity index (χ1n) is 9.88. The van der Waals surface area contributed by atoms with E-state index in [1.54, 1.807) is 21.6 Å². The van der Waals surface area contributed by atoms with E-state index in [1.807, 2.05) is 43.8 Å². The summed E-state index contributed by atoms with van der Waals surface area (Å²) in [6.45, 7) is 1.38. The molecule has 0 amide bonds. The third-order valence-electron chi connectivity index (χ3n) is 5.62. The molecule has 0 radical (unpaired) electrons. The zero-order valence-electron chi connectivity index (χ0n) is 17.1. The van der Waals surface area contributed by atoms with Crippen molar-refractivity contribution in [1.82, 2.24) is 24.4 Å². The number of nitrogens with zero attached hydrogens (tertiary/aromatic N) is 7. The first-order chi connectivity index (χ1) is 14.9. The van der Waals surface area contributed by atoms with E-state index < -0.39 is 9.52 Å². The molecule has 0 saturated carbocycles. The number of aromatic nitrogens is 5. The second-order valence-corrected chi connectivity index (χ2v) is 10.5. The summed E-state index contributed by atoms with van der Waals surface area (Å²) in [6, 6.07) is 8.26. The number of nitriles is 1. The normalized spacial score (nSPS) is 15.8. The Bertz CT molecular complexity index is 1410. The zero-order valence-corrected chi connectivity index (χ0v) is 17.9. The van der Waals surface area contributed by atoms with E-state index in [2.05, 4.69) is 32.0 Å². The summed E-state index contributed by atoms with van der Waals surface area (Å²) in [6.07, 6.45) is 9.05. The summed E-state index contributed by atoms with van der Waals surface area (Å²) in [4.78, 5) is 6.80. The molecular formula is C22H21N7OS. The maximum Gasteiger partial charge on any atom is 0.128 e. The quantitative estimate of drug-likeness (QED) is 0.462. The van der Waals surface area contributed by atoms with Crippen LogP contribution in [0.4, 0.5) is 5.82 Å². The first kappa shape index (κ1) is 19.3. The average molecular weight is 432 g/mol. The molecule has 1 aliphatic heterocycles. The number of anilines is 1. The molecule has 156 valence electrons. The van der Waals surface area contributed by atoms with Gasteiger partial charge in [0.1, 0.15) is 11.9 Å². The lowest BCUT2D eigenvalue weighted by molar-refractivity contribution is 0.670. The number of hydrogen-bond donors (Lipinski definition) is 0.